The number of aliphatic hydroxyl groups is 1. The van der Waals surface area contributed by atoms with Crippen molar-refractivity contribution < 1.29 is 9.84 Å². The lowest BCUT2D eigenvalue weighted by molar-refractivity contribution is 0.172. The Hall–Kier alpha value is -1.84. The normalized spacial score (nSPS) is 12.1. The summed E-state index contributed by atoms with van der Waals surface area (Å²) in [5.74, 6) is 0.885. The zero-order valence-electron chi connectivity index (χ0n) is 11.8. The van der Waals surface area contributed by atoms with E-state index in [2.05, 4.69) is 5.32 Å². The average molecular weight is 271 g/mol. The summed E-state index contributed by atoms with van der Waals surface area (Å²) in [6.45, 7) is 3.87. The summed E-state index contributed by atoms with van der Waals surface area (Å²) in [6, 6.07) is 17.6. The van der Waals surface area contributed by atoms with Crippen LogP contribution in [0.2, 0.25) is 0 Å². The van der Waals surface area contributed by atoms with Gasteiger partial charge in [-0.25, -0.2) is 0 Å². The van der Waals surface area contributed by atoms with E-state index in [9.17, 15) is 5.11 Å². The van der Waals surface area contributed by atoms with Gasteiger partial charge in [-0.3, -0.25) is 0 Å². The number of ether oxygens (including phenoxy) is 1. The predicted molar refractivity (Wildman–Crippen MR) is 80.9 cm³/mol. The molecule has 0 saturated carbocycles. The van der Waals surface area contributed by atoms with E-state index in [0.717, 1.165) is 11.3 Å². The summed E-state index contributed by atoms with van der Waals surface area (Å²) in [4.78, 5) is 0. The highest BCUT2D eigenvalue weighted by atomic mass is 16.5. The fourth-order valence-electron chi connectivity index (χ4n) is 1.98. The smallest absolute Gasteiger partial charge is 0.119 e. The van der Waals surface area contributed by atoms with Gasteiger partial charge in [0, 0.05) is 13.1 Å². The third kappa shape index (κ3) is 4.68. The lowest BCUT2D eigenvalue weighted by Gasteiger charge is -2.12. The number of hydrogen-bond acceptors (Lipinski definition) is 3. The third-order valence-electron chi connectivity index (χ3n) is 3.06. The van der Waals surface area contributed by atoms with Crippen LogP contribution in [-0.4, -0.2) is 24.8 Å². The molecule has 1 atom stereocenters. The molecular formula is C17H21NO2. The van der Waals surface area contributed by atoms with Crippen molar-refractivity contribution >= 4 is 0 Å². The van der Waals surface area contributed by atoms with Crippen molar-refractivity contribution in [3.8, 4) is 5.75 Å². The largest absolute Gasteiger partial charge is 0.492 e. The quantitative estimate of drug-likeness (QED) is 0.761. The molecule has 0 amide bonds. The second kappa shape index (κ2) is 7.68. The Kier molecular flexibility index (Phi) is 5.59. The van der Waals surface area contributed by atoms with Crippen LogP contribution in [0.15, 0.2) is 54.6 Å². The molecule has 0 aromatic heterocycles. The van der Waals surface area contributed by atoms with Gasteiger partial charge in [-0.05, 0) is 30.2 Å². The molecule has 0 heterocycles. The maximum atomic E-state index is 9.97. The van der Waals surface area contributed by atoms with Gasteiger partial charge >= 0.3 is 0 Å². The lowest BCUT2D eigenvalue weighted by Crippen LogP contribution is -2.26. The molecule has 2 aromatic carbocycles. The summed E-state index contributed by atoms with van der Waals surface area (Å²) >= 11 is 0. The van der Waals surface area contributed by atoms with E-state index >= 15 is 0 Å². The number of benzene rings is 2. The van der Waals surface area contributed by atoms with E-state index in [1.807, 2.05) is 61.5 Å². The van der Waals surface area contributed by atoms with Crippen molar-refractivity contribution in [2.24, 2.45) is 0 Å². The van der Waals surface area contributed by atoms with Gasteiger partial charge in [-0.15, -0.1) is 0 Å². The first-order valence-corrected chi connectivity index (χ1v) is 6.89. The molecule has 106 valence electrons. The molecule has 0 saturated heterocycles. The predicted octanol–water partition coefficient (Wildman–Crippen LogP) is 2.70. The molecule has 0 radical (unpaired) electrons. The van der Waals surface area contributed by atoms with Crippen LogP contribution in [0.3, 0.4) is 0 Å². The van der Waals surface area contributed by atoms with E-state index in [1.165, 1.54) is 5.56 Å². The molecule has 0 bridgehead atoms. The molecule has 1 unspecified atom stereocenters. The SMILES string of the molecule is Cc1cccc(OCCNCC(O)c2ccccc2)c1. The summed E-state index contributed by atoms with van der Waals surface area (Å²) in [5, 5.41) is 13.2. The lowest BCUT2D eigenvalue weighted by atomic mass is 10.1. The Bertz CT molecular complexity index is 513. The fraction of sp³-hybridized carbons (Fsp3) is 0.294. The van der Waals surface area contributed by atoms with Crippen LogP contribution in [0.5, 0.6) is 5.75 Å². The van der Waals surface area contributed by atoms with Gasteiger partial charge < -0.3 is 15.2 Å². The molecule has 2 rings (SSSR count). The van der Waals surface area contributed by atoms with E-state index in [-0.39, 0.29) is 0 Å². The van der Waals surface area contributed by atoms with Gasteiger partial charge in [-0.1, -0.05) is 42.5 Å². The van der Waals surface area contributed by atoms with Crippen LogP contribution < -0.4 is 10.1 Å². The van der Waals surface area contributed by atoms with E-state index in [4.69, 9.17) is 4.74 Å². The second-order valence-corrected chi connectivity index (χ2v) is 4.80. The van der Waals surface area contributed by atoms with Crippen molar-refractivity contribution in [1.29, 1.82) is 0 Å². The van der Waals surface area contributed by atoms with Crippen LogP contribution in [0.25, 0.3) is 0 Å². The highest BCUT2D eigenvalue weighted by Crippen LogP contribution is 2.12. The summed E-state index contributed by atoms with van der Waals surface area (Å²) < 4.78 is 5.63. The van der Waals surface area contributed by atoms with Crippen LogP contribution in [0, 0.1) is 6.92 Å². The molecule has 20 heavy (non-hydrogen) atoms. The van der Waals surface area contributed by atoms with Crippen LogP contribution >= 0.6 is 0 Å². The number of aliphatic hydroxyl groups excluding tert-OH is 1. The molecule has 0 aliphatic heterocycles. The minimum Gasteiger partial charge on any atom is -0.492 e. The van der Waals surface area contributed by atoms with E-state index < -0.39 is 6.10 Å². The molecule has 0 aliphatic rings. The van der Waals surface area contributed by atoms with Gasteiger partial charge in [0.05, 0.1) is 6.10 Å². The molecule has 3 nitrogen and oxygen atoms in total. The molecule has 3 heteroatoms. The molecule has 0 spiro atoms. The topological polar surface area (TPSA) is 41.5 Å². The number of hydrogen-bond donors (Lipinski definition) is 2. The summed E-state index contributed by atoms with van der Waals surface area (Å²) in [7, 11) is 0. The van der Waals surface area contributed by atoms with Crippen molar-refractivity contribution in [2.75, 3.05) is 19.7 Å². The monoisotopic (exact) mass is 271 g/mol. The van der Waals surface area contributed by atoms with Crippen LogP contribution in [-0.2, 0) is 0 Å². The van der Waals surface area contributed by atoms with Crippen molar-refractivity contribution in [1.82, 2.24) is 5.32 Å². The van der Waals surface area contributed by atoms with Gasteiger partial charge in [0.1, 0.15) is 12.4 Å². The van der Waals surface area contributed by atoms with Gasteiger partial charge in [0.2, 0.25) is 0 Å². The number of nitrogens with one attached hydrogen (secondary N) is 1. The van der Waals surface area contributed by atoms with Crippen molar-refractivity contribution in [2.45, 2.75) is 13.0 Å². The first-order chi connectivity index (χ1) is 9.75. The van der Waals surface area contributed by atoms with Crippen molar-refractivity contribution in [3.05, 3.63) is 65.7 Å². The molecule has 2 aromatic rings. The molecule has 2 N–H and O–H groups in total. The van der Waals surface area contributed by atoms with Crippen LogP contribution in [0.1, 0.15) is 17.2 Å². The Morgan fingerprint density at radius 1 is 1.10 bits per heavy atom. The summed E-state index contributed by atoms with van der Waals surface area (Å²) in [6.07, 6.45) is -0.477. The highest BCUT2D eigenvalue weighted by Gasteiger charge is 2.05. The Morgan fingerprint density at radius 2 is 1.90 bits per heavy atom. The third-order valence-corrected chi connectivity index (χ3v) is 3.06. The van der Waals surface area contributed by atoms with E-state index in [1.54, 1.807) is 0 Å². The Balaban J connectivity index is 1.64. The van der Waals surface area contributed by atoms with Crippen LogP contribution in [0.4, 0.5) is 0 Å². The first kappa shape index (κ1) is 14.6. The minimum atomic E-state index is -0.477. The molecule has 0 aliphatic carbocycles. The Labute approximate surface area is 120 Å². The van der Waals surface area contributed by atoms with Gasteiger partial charge in [-0.2, -0.15) is 0 Å². The average Bonchev–Trinajstić information content (AvgIpc) is 2.48. The highest BCUT2D eigenvalue weighted by molar-refractivity contribution is 5.27. The molecular weight excluding hydrogens is 250 g/mol. The minimum absolute atomic E-state index is 0.477. The second-order valence-electron chi connectivity index (χ2n) is 4.80. The Morgan fingerprint density at radius 3 is 2.65 bits per heavy atom. The maximum absolute atomic E-state index is 9.97. The summed E-state index contributed by atoms with van der Waals surface area (Å²) in [5.41, 5.74) is 2.12. The zero-order valence-corrected chi connectivity index (χ0v) is 11.8. The fourth-order valence-corrected chi connectivity index (χ4v) is 1.98. The van der Waals surface area contributed by atoms with Gasteiger partial charge in [0.25, 0.3) is 0 Å². The maximum Gasteiger partial charge on any atom is 0.119 e. The number of rotatable bonds is 7. The van der Waals surface area contributed by atoms with E-state index in [0.29, 0.717) is 19.7 Å². The van der Waals surface area contributed by atoms with Gasteiger partial charge in [0.15, 0.2) is 0 Å². The standard InChI is InChI=1S/C17H21NO2/c1-14-6-5-9-16(12-14)20-11-10-18-13-17(19)15-7-3-2-4-8-15/h2-9,12,17-19H,10-11,13H2,1H3. The van der Waals surface area contributed by atoms with Crippen molar-refractivity contribution in [3.63, 3.8) is 0 Å². The number of aryl methyl sites for hydroxylation is 1. The molecule has 0 fully saturated rings. The first-order valence-electron chi connectivity index (χ1n) is 6.89. The zero-order chi connectivity index (χ0) is 14.2.